The van der Waals surface area contributed by atoms with Crippen molar-refractivity contribution in [3.8, 4) is 11.8 Å². The van der Waals surface area contributed by atoms with E-state index in [2.05, 4.69) is 14.9 Å². The molecular formula is C20H22F4N4O5. The Kier molecular flexibility index (Phi) is 6.32. The normalized spacial score (nSPS) is 21.6. The number of aromatic nitrogens is 2. The van der Waals surface area contributed by atoms with Gasteiger partial charge in [0.25, 0.3) is 0 Å². The fourth-order valence-corrected chi connectivity index (χ4v) is 4.04. The number of urea groups is 1. The largest absolute Gasteiger partial charge is 0.573 e. The lowest BCUT2D eigenvalue weighted by Crippen LogP contribution is -2.59. The van der Waals surface area contributed by atoms with Crippen LogP contribution in [0.2, 0.25) is 0 Å². The minimum Gasteiger partial charge on any atom is -0.462 e. The molecule has 1 aromatic heterocycles. The number of halogens is 4. The van der Waals surface area contributed by atoms with Crippen LogP contribution in [0.15, 0.2) is 22.7 Å². The topological polar surface area (TPSA) is 101 Å². The zero-order chi connectivity index (χ0) is 23.8. The molecule has 0 aliphatic carbocycles. The number of benzene rings is 1. The first-order chi connectivity index (χ1) is 15.6. The van der Waals surface area contributed by atoms with Crippen LogP contribution in [-0.4, -0.2) is 76.3 Å². The highest BCUT2D eigenvalue weighted by Crippen LogP contribution is 2.38. The van der Waals surface area contributed by atoms with Gasteiger partial charge in [-0.1, -0.05) is 6.07 Å². The van der Waals surface area contributed by atoms with E-state index in [0.29, 0.717) is 18.6 Å². The van der Waals surface area contributed by atoms with Crippen LogP contribution in [-0.2, 0) is 0 Å². The number of β-amino-alcohol motifs (C(OH)–C–C–N with tert-alkyl or cyclic N) is 1. The molecule has 33 heavy (non-hydrogen) atoms. The molecule has 2 saturated heterocycles. The number of aliphatic hydroxyl groups is 1. The molecule has 9 nitrogen and oxygen atoms in total. The number of nitrogens with zero attached hydrogens (tertiary/aromatic N) is 4. The highest BCUT2D eigenvalue weighted by molar-refractivity contribution is 5.75. The summed E-state index contributed by atoms with van der Waals surface area (Å²) in [7, 11) is 0. The zero-order valence-electron chi connectivity index (χ0n) is 17.6. The maximum atomic E-state index is 14.3. The molecule has 2 aromatic rings. The van der Waals surface area contributed by atoms with Gasteiger partial charge in [0, 0.05) is 19.0 Å². The second-order valence-corrected chi connectivity index (χ2v) is 7.96. The number of hydrogen-bond acceptors (Lipinski definition) is 7. The number of hydrogen-bond donors (Lipinski definition) is 1. The summed E-state index contributed by atoms with van der Waals surface area (Å²) in [4.78, 5) is 20.1. The predicted molar refractivity (Wildman–Crippen MR) is 103 cm³/mol. The van der Waals surface area contributed by atoms with Gasteiger partial charge in [0.05, 0.1) is 31.7 Å². The van der Waals surface area contributed by atoms with E-state index in [1.165, 1.54) is 15.9 Å². The molecule has 1 aromatic carbocycles. The predicted octanol–water partition coefficient (Wildman–Crippen LogP) is 2.88. The second-order valence-electron chi connectivity index (χ2n) is 7.96. The quantitative estimate of drug-likeness (QED) is 0.665. The van der Waals surface area contributed by atoms with Gasteiger partial charge < -0.3 is 28.9 Å². The van der Waals surface area contributed by atoms with Crippen LogP contribution in [0.3, 0.4) is 0 Å². The van der Waals surface area contributed by atoms with Gasteiger partial charge in [0.2, 0.25) is 5.89 Å². The van der Waals surface area contributed by atoms with Crippen molar-refractivity contribution in [1.29, 1.82) is 0 Å². The minimum atomic E-state index is -5.01. The first kappa shape index (κ1) is 23.1. The molecule has 0 spiro atoms. The lowest BCUT2D eigenvalue weighted by atomic mass is 9.84. The summed E-state index contributed by atoms with van der Waals surface area (Å²) in [5.74, 6) is -2.68. The summed E-state index contributed by atoms with van der Waals surface area (Å²) >= 11 is 0. The molecule has 2 atom stereocenters. The molecule has 13 heteroatoms. The molecule has 1 N–H and O–H groups in total. The highest BCUT2D eigenvalue weighted by atomic mass is 19.4. The fraction of sp³-hybridized carbons (Fsp3) is 0.550. The summed E-state index contributed by atoms with van der Waals surface area (Å²) in [6.07, 6.45) is -5.20. The Hall–Kier alpha value is -3.09. The van der Waals surface area contributed by atoms with Crippen molar-refractivity contribution in [2.75, 3.05) is 32.8 Å². The molecule has 3 heterocycles. The number of carbonyl (C=O) groups excluding carboxylic acids is 1. The van der Waals surface area contributed by atoms with Crippen LogP contribution in [0.4, 0.5) is 22.4 Å². The Labute approximate surface area is 185 Å². The second kappa shape index (κ2) is 9.04. The van der Waals surface area contributed by atoms with Gasteiger partial charge in [0.1, 0.15) is 0 Å². The van der Waals surface area contributed by atoms with Gasteiger partial charge >= 0.3 is 18.4 Å². The Balaban J connectivity index is 1.57. The first-order valence-electron chi connectivity index (χ1n) is 10.4. The minimum absolute atomic E-state index is 0.0538. The van der Waals surface area contributed by atoms with E-state index < -0.39 is 35.9 Å². The summed E-state index contributed by atoms with van der Waals surface area (Å²) < 4.78 is 65.9. The number of carbonyl (C=O) groups is 1. The van der Waals surface area contributed by atoms with E-state index in [1.54, 1.807) is 6.92 Å². The van der Waals surface area contributed by atoms with Crippen LogP contribution in [0.25, 0.3) is 0 Å². The van der Waals surface area contributed by atoms with Crippen LogP contribution in [0.5, 0.6) is 11.8 Å². The maximum Gasteiger partial charge on any atom is 0.573 e. The number of aliphatic hydroxyl groups excluding tert-OH is 1. The number of rotatable bonds is 5. The average Bonchev–Trinajstić information content (AvgIpc) is 3.20. The zero-order valence-corrected chi connectivity index (χ0v) is 17.6. The molecule has 0 saturated carbocycles. The van der Waals surface area contributed by atoms with Crippen molar-refractivity contribution in [3.63, 3.8) is 0 Å². The number of likely N-dealkylation sites (tertiary alicyclic amines) is 2. The van der Waals surface area contributed by atoms with Crippen molar-refractivity contribution in [1.82, 2.24) is 19.9 Å². The molecule has 4 rings (SSSR count). The van der Waals surface area contributed by atoms with E-state index in [4.69, 9.17) is 9.26 Å². The Morgan fingerprint density at radius 3 is 2.55 bits per heavy atom. The van der Waals surface area contributed by atoms with E-state index in [0.717, 1.165) is 12.1 Å². The van der Waals surface area contributed by atoms with Crippen LogP contribution in [0, 0.1) is 5.82 Å². The Morgan fingerprint density at radius 2 is 1.91 bits per heavy atom. The smallest absolute Gasteiger partial charge is 0.462 e. The van der Waals surface area contributed by atoms with Crippen molar-refractivity contribution < 1.29 is 41.5 Å². The number of piperidine rings is 1. The van der Waals surface area contributed by atoms with Crippen molar-refractivity contribution in [2.45, 2.75) is 37.6 Å². The molecule has 2 amide bonds. The van der Waals surface area contributed by atoms with Crippen LogP contribution < -0.4 is 9.47 Å². The van der Waals surface area contributed by atoms with E-state index in [9.17, 15) is 27.5 Å². The standard InChI is InChI=1S/C20H22F4N4O5/c1-2-31-18-25-17(33-26-18)13-5-12(7-27(8-13)19(30)28-9-14(29)10-28)11-3-4-16(15(21)6-11)32-20(22,23)24/h3-4,6,12-14,29H,2,5,7-10H2,1H3. The van der Waals surface area contributed by atoms with Gasteiger partial charge in [-0.25, -0.2) is 9.18 Å². The van der Waals surface area contributed by atoms with Gasteiger partial charge in [-0.3, -0.25) is 0 Å². The number of alkyl halides is 3. The third-order valence-corrected chi connectivity index (χ3v) is 5.55. The van der Waals surface area contributed by atoms with Gasteiger partial charge in [-0.15, -0.1) is 13.2 Å². The average molecular weight is 474 g/mol. The van der Waals surface area contributed by atoms with Gasteiger partial charge in [-0.2, -0.15) is 4.98 Å². The summed E-state index contributed by atoms with van der Waals surface area (Å²) in [5.41, 5.74) is 0.401. The SMILES string of the molecule is CCOc1noc(C2CC(c3ccc(OC(F)(F)F)c(F)c3)CN(C(=O)N3CC(O)C3)C2)n1. The molecule has 0 bridgehead atoms. The Bertz CT molecular complexity index is 995. The summed E-state index contributed by atoms with van der Waals surface area (Å²) in [5, 5.41) is 13.3. The molecule has 2 aliphatic rings. The number of ether oxygens (including phenoxy) is 2. The molecule has 180 valence electrons. The van der Waals surface area contributed by atoms with Crippen molar-refractivity contribution in [2.24, 2.45) is 0 Å². The lowest BCUT2D eigenvalue weighted by molar-refractivity contribution is -0.275. The summed E-state index contributed by atoms with van der Waals surface area (Å²) in [6.45, 7) is 2.95. The molecule has 0 radical (unpaired) electrons. The van der Waals surface area contributed by atoms with E-state index in [-0.39, 0.29) is 44.1 Å². The van der Waals surface area contributed by atoms with Crippen LogP contribution in [0.1, 0.15) is 36.6 Å². The molecular weight excluding hydrogens is 452 g/mol. The lowest BCUT2D eigenvalue weighted by Gasteiger charge is -2.43. The van der Waals surface area contributed by atoms with Gasteiger partial charge in [-0.05, 0) is 36.2 Å². The van der Waals surface area contributed by atoms with Crippen LogP contribution >= 0.6 is 0 Å². The maximum absolute atomic E-state index is 14.3. The monoisotopic (exact) mass is 474 g/mol. The third kappa shape index (κ3) is 5.29. The Morgan fingerprint density at radius 1 is 1.21 bits per heavy atom. The highest BCUT2D eigenvalue weighted by Gasteiger charge is 2.39. The first-order valence-corrected chi connectivity index (χ1v) is 10.4. The third-order valence-electron chi connectivity index (χ3n) is 5.55. The van der Waals surface area contributed by atoms with E-state index >= 15 is 0 Å². The number of amides is 2. The molecule has 2 fully saturated rings. The molecule has 2 aliphatic heterocycles. The van der Waals surface area contributed by atoms with E-state index in [1.807, 2.05) is 0 Å². The van der Waals surface area contributed by atoms with Crippen molar-refractivity contribution >= 4 is 6.03 Å². The summed E-state index contributed by atoms with van der Waals surface area (Å²) in [6, 6.07) is 2.98. The van der Waals surface area contributed by atoms with Gasteiger partial charge in [0.15, 0.2) is 11.6 Å². The molecule has 2 unspecified atom stereocenters. The van der Waals surface area contributed by atoms with Crippen molar-refractivity contribution in [3.05, 3.63) is 35.5 Å². The fourth-order valence-electron chi connectivity index (χ4n) is 4.04.